The fraction of sp³-hybridized carbons (Fsp3) is 0.400. The van der Waals surface area contributed by atoms with E-state index in [1.54, 1.807) is 0 Å². The summed E-state index contributed by atoms with van der Waals surface area (Å²) in [5.41, 5.74) is 0.233. The summed E-state index contributed by atoms with van der Waals surface area (Å²) >= 11 is 0. The molecule has 0 amide bonds. The van der Waals surface area contributed by atoms with Crippen LogP contribution in [0.15, 0.2) is 36.0 Å². The molecular weight excluding hydrogens is 158 g/mol. The highest BCUT2D eigenvalue weighted by Gasteiger charge is 1.95. The van der Waals surface area contributed by atoms with E-state index >= 15 is 0 Å². The van der Waals surface area contributed by atoms with Crippen LogP contribution in [0.3, 0.4) is 0 Å². The van der Waals surface area contributed by atoms with Gasteiger partial charge < -0.3 is 0 Å². The summed E-state index contributed by atoms with van der Waals surface area (Å²) in [5.74, 6) is -1.20. The maximum Gasteiger partial charge on any atom is 0.128 e. The lowest BCUT2D eigenvalue weighted by Crippen LogP contribution is -1.74. The Morgan fingerprint density at radius 1 is 1.25 bits per heavy atom. The van der Waals surface area contributed by atoms with Crippen LogP contribution in [0.4, 0.5) is 8.78 Å². The van der Waals surface area contributed by atoms with Crippen molar-refractivity contribution in [2.24, 2.45) is 0 Å². The second kappa shape index (κ2) is 8.18. The van der Waals surface area contributed by atoms with Gasteiger partial charge in [0.2, 0.25) is 0 Å². The molecule has 12 heavy (non-hydrogen) atoms. The van der Waals surface area contributed by atoms with Crippen molar-refractivity contribution in [1.29, 1.82) is 0 Å². The monoisotopic (exact) mass is 174 g/mol. The van der Waals surface area contributed by atoms with Crippen LogP contribution in [0.1, 0.15) is 27.7 Å². The fourth-order valence-electron chi connectivity index (χ4n) is 0.328. The van der Waals surface area contributed by atoms with Crippen LogP contribution < -0.4 is 0 Å². The molecule has 0 saturated heterocycles. The molecule has 0 bridgehead atoms. The van der Waals surface area contributed by atoms with Gasteiger partial charge in [0, 0.05) is 6.08 Å². The second-order valence-electron chi connectivity index (χ2n) is 1.95. The topological polar surface area (TPSA) is 0 Å². The Morgan fingerprint density at radius 2 is 1.67 bits per heavy atom. The predicted octanol–water partition coefficient (Wildman–Crippen LogP) is 4.32. The molecule has 0 aliphatic rings. The Kier molecular flexibility index (Phi) is 9.31. The minimum absolute atomic E-state index is 0.233. The van der Waals surface area contributed by atoms with Crippen LogP contribution in [0.2, 0.25) is 0 Å². The van der Waals surface area contributed by atoms with Gasteiger partial charge in [-0.2, -0.15) is 0 Å². The van der Waals surface area contributed by atoms with E-state index in [1.807, 2.05) is 13.8 Å². The maximum absolute atomic E-state index is 12.4. The van der Waals surface area contributed by atoms with Crippen molar-refractivity contribution in [2.45, 2.75) is 27.7 Å². The molecule has 0 N–H and O–H groups in total. The first kappa shape index (κ1) is 13.7. The molecule has 0 saturated carbocycles. The highest BCUT2D eigenvalue weighted by Crippen LogP contribution is 2.11. The van der Waals surface area contributed by atoms with Crippen molar-refractivity contribution in [2.75, 3.05) is 0 Å². The Morgan fingerprint density at radius 3 is 1.92 bits per heavy atom. The standard InChI is InChI=1S/C8H10F2.C2H6/c1-4-7(9)5-8(10)6(2)3;1-2/h4-5H,2H2,1,3H3;1-2H3/b7-4+,8-5+;. The van der Waals surface area contributed by atoms with E-state index < -0.39 is 11.7 Å². The van der Waals surface area contributed by atoms with Gasteiger partial charge in [0.15, 0.2) is 0 Å². The number of allylic oxidation sites excluding steroid dienone is 5. The average Bonchev–Trinajstić information content (AvgIpc) is 2.07. The van der Waals surface area contributed by atoms with Crippen LogP contribution in [0.25, 0.3) is 0 Å². The molecule has 0 rings (SSSR count). The van der Waals surface area contributed by atoms with Crippen molar-refractivity contribution in [3.05, 3.63) is 36.0 Å². The Hall–Kier alpha value is -0.920. The first-order valence-corrected chi connectivity index (χ1v) is 3.92. The first-order chi connectivity index (χ1) is 5.57. The van der Waals surface area contributed by atoms with Crippen LogP contribution in [-0.4, -0.2) is 0 Å². The normalized spacial score (nSPS) is 11.8. The minimum Gasteiger partial charge on any atom is -0.207 e. The lowest BCUT2D eigenvalue weighted by atomic mass is 10.3. The van der Waals surface area contributed by atoms with Crippen molar-refractivity contribution in [1.82, 2.24) is 0 Å². The van der Waals surface area contributed by atoms with Gasteiger partial charge >= 0.3 is 0 Å². The Balaban J connectivity index is 0. The Bertz CT molecular complexity index is 188. The maximum atomic E-state index is 12.4. The zero-order chi connectivity index (χ0) is 10.1. The zero-order valence-electron chi connectivity index (χ0n) is 8.12. The lowest BCUT2D eigenvalue weighted by Gasteiger charge is -1.91. The first-order valence-electron chi connectivity index (χ1n) is 3.92. The summed E-state index contributed by atoms with van der Waals surface area (Å²) in [7, 11) is 0. The smallest absolute Gasteiger partial charge is 0.128 e. The molecule has 0 heterocycles. The largest absolute Gasteiger partial charge is 0.207 e. The van der Waals surface area contributed by atoms with Gasteiger partial charge in [0.1, 0.15) is 11.7 Å². The predicted molar refractivity (Wildman–Crippen MR) is 50.2 cm³/mol. The number of rotatable bonds is 2. The highest BCUT2D eigenvalue weighted by atomic mass is 19.1. The number of hydrogen-bond donors (Lipinski definition) is 0. The Labute approximate surface area is 73.3 Å². The third kappa shape index (κ3) is 7.19. The molecule has 0 aromatic heterocycles. The molecule has 70 valence electrons. The van der Waals surface area contributed by atoms with E-state index in [0.717, 1.165) is 6.08 Å². The van der Waals surface area contributed by atoms with Crippen molar-refractivity contribution in [3.8, 4) is 0 Å². The van der Waals surface area contributed by atoms with Crippen molar-refractivity contribution in [3.63, 3.8) is 0 Å². The molecule has 0 aromatic carbocycles. The molecule has 0 unspecified atom stereocenters. The third-order valence-corrected chi connectivity index (χ3v) is 0.948. The zero-order valence-corrected chi connectivity index (χ0v) is 8.12. The summed E-state index contributed by atoms with van der Waals surface area (Å²) in [6, 6.07) is 0. The number of hydrogen-bond acceptors (Lipinski definition) is 0. The van der Waals surface area contributed by atoms with Crippen molar-refractivity contribution >= 4 is 0 Å². The van der Waals surface area contributed by atoms with E-state index in [4.69, 9.17) is 0 Å². The molecule has 0 aliphatic heterocycles. The summed E-state index contributed by atoms with van der Waals surface area (Å²) in [4.78, 5) is 0. The molecule has 0 radical (unpaired) electrons. The fourth-order valence-corrected chi connectivity index (χ4v) is 0.328. The third-order valence-electron chi connectivity index (χ3n) is 0.948. The van der Waals surface area contributed by atoms with Gasteiger partial charge in [-0.25, -0.2) is 8.78 Å². The SMILES string of the molecule is C=C(C)/C(F)=C\C(F)=C/C.CC. The van der Waals surface area contributed by atoms with Crippen LogP contribution in [0, 0.1) is 0 Å². The van der Waals surface area contributed by atoms with Gasteiger partial charge in [-0.05, 0) is 19.4 Å². The average molecular weight is 174 g/mol. The van der Waals surface area contributed by atoms with E-state index in [0.29, 0.717) is 0 Å². The second-order valence-corrected chi connectivity index (χ2v) is 1.95. The van der Waals surface area contributed by atoms with E-state index in [2.05, 4.69) is 6.58 Å². The molecule has 0 fully saturated rings. The summed E-state index contributed by atoms with van der Waals surface area (Å²) in [5, 5.41) is 0. The van der Waals surface area contributed by atoms with E-state index in [-0.39, 0.29) is 5.57 Å². The van der Waals surface area contributed by atoms with Gasteiger partial charge in [0.25, 0.3) is 0 Å². The van der Waals surface area contributed by atoms with Gasteiger partial charge in [0.05, 0.1) is 0 Å². The van der Waals surface area contributed by atoms with E-state index in [1.165, 1.54) is 19.9 Å². The van der Waals surface area contributed by atoms with Crippen molar-refractivity contribution < 1.29 is 8.78 Å². The molecular formula is C10H16F2. The minimum atomic E-state index is -0.615. The van der Waals surface area contributed by atoms with Gasteiger partial charge in [-0.15, -0.1) is 0 Å². The van der Waals surface area contributed by atoms with Crippen LogP contribution >= 0.6 is 0 Å². The molecule has 0 aromatic rings. The highest BCUT2D eigenvalue weighted by molar-refractivity contribution is 5.26. The molecule has 0 spiro atoms. The number of halogens is 2. The van der Waals surface area contributed by atoms with Gasteiger partial charge in [-0.3, -0.25) is 0 Å². The lowest BCUT2D eigenvalue weighted by molar-refractivity contribution is 0.621. The summed E-state index contributed by atoms with van der Waals surface area (Å²) < 4.78 is 24.7. The quantitative estimate of drug-likeness (QED) is 0.547. The molecule has 0 nitrogen and oxygen atoms in total. The molecule has 2 heteroatoms. The van der Waals surface area contributed by atoms with Gasteiger partial charge in [-0.1, -0.05) is 26.5 Å². The molecule has 0 atom stereocenters. The van der Waals surface area contributed by atoms with Crippen LogP contribution in [-0.2, 0) is 0 Å². The van der Waals surface area contributed by atoms with Crippen LogP contribution in [0.5, 0.6) is 0 Å². The van der Waals surface area contributed by atoms with E-state index in [9.17, 15) is 8.78 Å². The summed E-state index contributed by atoms with van der Waals surface area (Å²) in [6.07, 6.45) is 1.99. The molecule has 0 aliphatic carbocycles. The summed E-state index contributed by atoms with van der Waals surface area (Å²) in [6.45, 7) is 10.3.